The fourth-order valence-corrected chi connectivity index (χ4v) is 16.6. The second kappa shape index (κ2) is 26.4. The van der Waals surface area contributed by atoms with Crippen molar-refractivity contribution in [3.05, 3.63) is 438 Å². The number of benzene rings is 13. The van der Waals surface area contributed by atoms with Gasteiger partial charge in [0.25, 0.3) is 0 Å². The third kappa shape index (κ3) is 10.7. The van der Waals surface area contributed by atoms with Gasteiger partial charge in [-0.1, -0.05) is 310 Å². The number of allylic oxidation sites excluding steroid dienone is 7. The van der Waals surface area contributed by atoms with Crippen LogP contribution in [0, 0.1) is 24.2 Å². The number of rotatable bonds is 17. The maximum absolute atomic E-state index is 5.84. The third-order valence-electron chi connectivity index (χ3n) is 21.4. The van der Waals surface area contributed by atoms with Crippen LogP contribution >= 0.6 is 0 Å². The van der Waals surface area contributed by atoms with Gasteiger partial charge in [-0.05, 0) is 187 Å². The number of hydrogen-bond donors (Lipinski definition) is 0. The summed E-state index contributed by atoms with van der Waals surface area (Å²) in [6, 6.07) is 120. The van der Waals surface area contributed by atoms with E-state index < -0.39 is 10.8 Å². The van der Waals surface area contributed by atoms with Gasteiger partial charge in [-0.15, -0.1) is 6.42 Å². The van der Waals surface area contributed by atoms with Crippen LogP contribution in [0.1, 0.15) is 81.0 Å². The Morgan fingerprint density at radius 1 is 0.539 bits per heavy atom. The molecule has 1 spiro atoms. The van der Waals surface area contributed by atoms with Crippen LogP contribution in [0.4, 0.5) is 22.7 Å². The summed E-state index contributed by atoms with van der Waals surface area (Å²) >= 11 is 0. The molecular weight excluding hydrogens is 1230 g/mol. The number of para-hydroxylation sites is 4. The third-order valence-corrected chi connectivity index (χ3v) is 21.4. The Morgan fingerprint density at radius 3 is 1.83 bits per heavy atom. The zero-order chi connectivity index (χ0) is 68.7. The summed E-state index contributed by atoms with van der Waals surface area (Å²) in [4.78, 5) is 4.72. The lowest BCUT2D eigenvalue weighted by atomic mass is 9.64. The summed E-state index contributed by atoms with van der Waals surface area (Å²) in [5.74, 6) is 10.2. The van der Waals surface area contributed by atoms with Gasteiger partial charge in [0.15, 0.2) is 0 Å². The maximum atomic E-state index is 5.84. The zero-order valence-electron chi connectivity index (χ0n) is 57.1. The molecule has 484 valence electrons. The van der Waals surface area contributed by atoms with Crippen LogP contribution in [-0.2, 0) is 17.3 Å². The Hall–Kier alpha value is -12.9. The molecule has 0 N–H and O–H groups in total. The number of anilines is 4. The van der Waals surface area contributed by atoms with E-state index in [2.05, 4.69) is 398 Å². The van der Waals surface area contributed by atoms with E-state index in [1.54, 1.807) is 6.08 Å². The minimum absolute atomic E-state index is 0.0353. The quantitative estimate of drug-likeness (QED) is 0.0665. The van der Waals surface area contributed by atoms with Crippen LogP contribution in [0.25, 0.3) is 60.9 Å². The SMILES string of the molecule is C#C/C=C\C(=C/C)N(c1ccccc1)c1ccc(C(C)(Cc2ccc3c(c2)C2(c4cc(N(c5ccc(C(=C)C(c6ccccc6)c6ccccc6)cc5)C5C#CC(c6ccccc6)=CC=C5)ccc4-3)c3ccccc3-n3c4ccccc4c4cccc2c43)c2cccc(-c3ccccc3)c2)cc1. The minimum atomic E-state index is -0.786. The molecule has 0 saturated carbocycles. The Labute approximate surface area is 599 Å². The highest BCUT2D eigenvalue weighted by atomic mass is 15.2. The molecule has 3 unspecified atom stereocenters. The lowest BCUT2D eigenvalue weighted by Crippen LogP contribution is -2.34. The molecule has 0 saturated heterocycles. The van der Waals surface area contributed by atoms with Crippen molar-refractivity contribution < 1.29 is 0 Å². The van der Waals surface area contributed by atoms with Crippen LogP contribution in [-0.4, -0.2) is 10.6 Å². The second-order valence-corrected chi connectivity index (χ2v) is 27.1. The summed E-state index contributed by atoms with van der Waals surface area (Å²) in [6.45, 7) is 9.37. The summed E-state index contributed by atoms with van der Waals surface area (Å²) in [5, 5.41) is 2.47. The van der Waals surface area contributed by atoms with Crippen molar-refractivity contribution in [3.8, 4) is 52.1 Å². The van der Waals surface area contributed by atoms with Gasteiger partial charge < -0.3 is 14.4 Å². The van der Waals surface area contributed by atoms with Gasteiger partial charge in [0.1, 0.15) is 6.04 Å². The second-order valence-electron chi connectivity index (χ2n) is 27.1. The first-order valence-electron chi connectivity index (χ1n) is 35.3. The highest BCUT2D eigenvalue weighted by Crippen LogP contribution is 2.62. The molecule has 0 amide bonds. The van der Waals surface area contributed by atoms with E-state index in [1.807, 2.05) is 6.08 Å². The van der Waals surface area contributed by atoms with Crippen molar-refractivity contribution >= 4 is 55.7 Å². The molecule has 0 fully saturated rings. The molecule has 1 aliphatic heterocycles. The maximum Gasteiger partial charge on any atom is 0.114 e. The molecule has 3 aliphatic rings. The van der Waals surface area contributed by atoms with E-state index in [4.69, 9.17) is 13.0 Å². The molecular formula is C99H73N3. The van der Waals surface area contributed by atoms with Crippen molar-refractivity contribution in [2.24, 2.45) is 0 Å². The number of fused-ring (bicyclic) bond motifs is 12. The Bertz CT molecular complexity index is 5740. The van der Waals surface area contributed by atoms with Crippen molar-refractivity contribution in [2.75, 3.05) is 9.80 Å². The highest BCUT2D eigenvalue weighted by Gasteiger charge is 2.51. The highest BCUT2D eigenvalue weighted by molar-refractivity contribution is 6.13. The standard InChI is InChI=1S/C99H73N3/c1-5-7-41-80(6-2)100(81-42-21-12-22-43-81)84-60-55-78(56-61-84)98(4,79-40-27-39-77(66-79)73-32-15-9-16-33-73)68-70-51-63-86-87-64-62-85(67-93(87)99(92(86)65-70)90-47-24-26-50-95(90)102-94-49-25-23-45-88(94)89-46-29-48-91(99)97(89)102)101(82-44-28-38-74(54-59-82)72-30-13-8-14-31-72)83-57-52-71(53-58-83)69(3)96(75-34-17-10-18-35-75)76-36-19-11-20-37-76/h1,6-53,55-58,60-67,82,96H,3,68H2,2,4H3/b41-7-,80-6+. The van der Waals surface area contributed by atoms with Crippen molar-refractivity contribution in [3.63, 3.8) is 0 Å². The molecule has 0 radical (unpaired) electrons. The van der Waals surface area contributed by atoms with Gasteiger partial charge >= 0.3 is 0 Å². The predicted octanol–water partition coefficient (Wildman–Crippen LogP) is 23.9. The molecule has 102 heavy (non-hydrogen) atoms. The van der Waals surface area contributed by atoms with Crippen molar-refractivity contribution in [2.45, 2.75) is 43.1 Å². The molecule has 1 aromatic heterocycles. The molecule has 3 heteroatoms. The topological polar surface area (TPSA) is 11.4 Å². The monoisotopic (exact) mass is 1300 g/mol. The molecule has 2 aliphatic carbocycles. The number of aromatic nitrogens is 1. The lowest BCUT2D eigenvalue weighted by Gasteiger charge is -2.40. The van der Waals surface area contributed by atoms with Crippen LogP contribution in [0.15, 0.2) is 376 Å². The van der Waals surface area contributed by atoms with E-state index in [-0.39, 0.29) is 12.0 Å². The molecule has 17 rings (SSSR count). The molecule has 0 bridgehead atoms. The van der Waals surface area contributed by atoms with Gasteiger partial charge in [-0.3, -0.25) is 0 Å². The minimum Gasteiger partial charge on any atom is -0.324 e. The van der Waals surface area contributed by atoms with Gasteiger partial charge in [0, 0.05) is 56.1 Å². The molecule has 14 aromatic rings. The summed E-state index contributed by atoms with van der Waals surface area (Å²) in [7, 11) is 0. The predicted molar refractivity (Wildman–Crippen MR) is 428 cm³/mol. The van der Waals surface area contributed by atoms with E-state index in [0.717, 1.165) is 50.7 Å². The average molecular weight is 1300 g/mol. The summed E-state index contributed by atoms with van der Waals surface area (Å²) < 4.78 is 2.54. The van der Waals surface area contributed by atoms with Crippen LogP contribution in [0.2, 0.25) is 0 Å². The molecule has 2 heterocycles. The smallest absolute Gasteiger partial charge is 0.114 e. The average Bonchev–Trinajstić information content (AvgIpc) is 1.48. The first kappa shape index (κ1) is 62.6. The normalized spacial score (nSPS) is 15.4. The lowest BCUT2D eigenvalue weighted by molar-refractivity contribution is 0.567. The molecule has 13 aromatic carbocycles. The first-order valence-corrected chi connectivity index (χ1v) is 35.3. The van der Waals surface area contributed by atoms with Gasteiger partial charge in [-0.25, -0.2) is 0 Å². The summed E-state index contributed by atoms with van der Waals surface area (Å²) in [6.07, 6.45) is 19.0. The molecule has 3 atom stereocenters. The number of nitrogens with zero attached hydrogens (tertiary/aromatic N) is 3. The van der Waals surface area contributed by atoms with Crippen LogP contribution in [0.5, 0.6) is 0 Å². The largest absolute Gasteiger partial charge is 0.324 e. The Balaban J connectivity index is 0.855. The van der Waals surface area contributed by atoms with Crippen LogP contribution < -0.4 is 9.80 Å². The Kier molecular flexibility index (Phi) is 16.2. The zero-order valence-corrected chi connectivity index (χ0v) is 57.1. The fraction of sp³-hybridized carbons (Fsp3) is 0.0707. The summed E-state index contributed by atoms with van der Waals surface area (Å²) in [5.41, 5.74) is 27.5. The van der Waals surface area contributed by atoms with E-state index in [1.165, 1.54) is 99.8 Å². The van der Waals surface area contributed by atoms with Crippen molar-refractivity contribution in [1.29, 1.82) is 0 Å². The molecule has 3 nitrogen and oxygen atoms in total. The van der Waals surface area contributed by atoms with Crippen molar-refractivity contribution in [1.82, 2.24) is 4.57 Å². The van der Waals surface area contributed by atoms with E-state index >= 15 is 0 Å². The van der Waals surface area contributed by atoms with Gasteiger partial charge in [-0.2, -0.15) is 0 Å². The fourth-order valence-electron chi connectivity index (χ4n) is 16.6. The van der Waals surface area contributed by atoms with Gasteiger partial charge in [0.05, 0.1) is 22.1 Å². The Morgan fingerprint density at radius 2 is 1.12 bits per heavy atom. The first-order chi connectivity index (χ1) is 50.3. The number of terminal acetylenes is 1. The number of hydrogen-bond acceptors (Lipinski definition) is 2. The van der Waals surface area contributed by atoms with Gasteiger partial charge in [0.2, 0.25) is 0 Å². The van der Waals surface area contributed by atoms with Crippen LogP contribution in [0.3, 0.4) is 0 Å². The van der Waals surface area contributed by atoms with E-state index in [0.29, 0.717) is 6.42 Å². The van der Waals surface area contributed by atoms with E-state index in [9.17, 15) is 0 Å².